The summed E-state index contributed by atoms with van der Waals surface area (Å²) in [5.74, 6) is -3.51. The van der Waals surface area contributed by atoms with E-state index in [-0.39, 0.29) is 23.7 Å². The lowest BCUT2D eigenvalue weighted by Gasteiger charge is -2.36. The van der Waals surface area contributed by atoms with E-state index in [9.17, 15) is 14.9 Å². The summed E-state index contributed by atoms with van der Waals surface area (Å²) in [5.41, 5.74) is -0.00620. The molecule has 11 heteroatoms. The molecule has 1 aliphatic carbocycles. The molecule has 0 unspecified atom stereocenters. The first-order valence-corrected chi connectivity index (χ1v) is 15.1. The van der Waals surface area contributed by atoms with Gasteiger partial charge in [-0.2, -0.15) is 5.26 Å². The van der Waals surface area contributed by atoms with E-state index in [1.807, 2.05) is 13.0 Å². The Hall–Kier alpha value is -3.91. The maximum absolute atomic E-state index is 15.8. The standard InChI is InChI=1S/C32H37F2N7O2/c1-21-22-6-5-7-24(16-22)32(33,34)23-8-14-40(15-9-23)13-4-3-12-39(2)27(42)18-41-29-25(28(38-21)36-20-37-29)17-26(30(41)43)31(19-35)10-11-31/h5-7,16-17,20-21,23H,3-4,8-15,18H2,1-2H3,(H,36,37,38)/t21-/m1/s1. The molecule has 43 heavy (non-hydrogen) atoms. The Bertz CT molecular complexity index is 1640. The van der Waals surface area contributed by atoms with Gasteiger partial charge in [-0.05, 0) is 82.8 Å². The summed E-state index contributed by atoms with van der Waals surface area (Å²) >= 11 is 0. The van der Waals surface area contributed by atoms with Gasteiger partial charge in [0.05, 0.1) is 16.9 Å². The van der Waals surface area contributed by atoms with E-state index in [1.165, 1.54) is 17.0 Å². The maximum atomic E-state index is 15.8. The Morgan fingerprint density at radius 3 is 2.51 bits per heavy atom. The highest BCUT2D eigenvalue weighted by Gasteiger charge is 2.48. The normalized spacial score (nSPS) is 25.5. The second-order valence-corrected chi connectivity index (χ2v) is 12.4. The molecule has 5 heterocycles. The highest BCUT2D eigenvalue weighted by Crippen LogP contribution is 2.47. The Kier molecular flexibility index (Phi) is 7.67. The van der Waals surface area contributed by atoms with Gasteiger partial charge in [-0.25, -0.2) is 18.7 Å². The van der Waals surface area contributed by atoms with E-state index in [1.54, 1.807) is 30.1 Å². The number of fused-ring (bicyclic) bond motifs is 9. The number of rotatable bonds is 1. The molecule has 3 aliphatic heterocycles. The molecular weight excluding hydrogens is 552 g/mol. The highest BCUT2D eigenvalue weighted by molar-refractivity contribution is 5.89. The van der Waals surface area contributed by atoms with Crippen LogP contribution in [-0.2, 0) is 22.7 Å². The van der Waals surface area contributed by atoms with Crippen molar-refractivity contribution in [3.63, 3.8) is 0 Å². The second-order valence-electron chi connectivity index (χ2n) is 12.4. The Labute approximate surface area is 249 Å². The van der Waals surface area contributed by atoms with Gasteiger partial charge < -0.3 is 15.1 Å². The molecule has 7 rings (SSSR count). The Morgan fingerprint density at radius 2 is 1.79 bits per heavy atom. The van der Waals surface area contributed by atoms with Crippen LogP contribution in [0.1, 0.15) is 68.2 Å². The van der Waals surface area contributed by atoms with Gasteiger partial charge in [-0.15, -0.1) is 0 Å². The molecule has 1 saturated heterocycles. The first kappa shape index (κ1) is 29.2. The number of likely N-dealkylation sites (N-methyl/N-ethyl adjacent to an activating group) is 1. The number of alkyl halides is 2. The third-order valence-electron chi connectivity index (χ3n) is 9.52. The van der Waals surface area contributed by atoms with Crippen LogP contribution in [0.3, 0.4) is 0 Å². The predicted molar refractivity (Wildman–Crippen MR) is 159 cm³/mol. The molecule has 4 aliphatic rings. The van der Waals surface area contributed by atoms with Gasteiger partial charge in [0, 0.05) is 36.7 Å². The number of nitrogens with zero attached hydrogens (tertiary/aromatic N) is 6. The van der Waals surface area contributed by atoms with Gasteiger partial charge in [0.1, 0.15) is 24.3 Å². The lowest BCUT2D eigenvalue weighted by Crippen LogP contribution is -2.40. The average molecular weight is 590 g/mol. The van der Waals surface area contributed by atoms with Crippen LogP contribution < -0.4 is 10.9 Å². The summed E-state index contributed by atoms with van der Waals surface area (Å²) in [4.78, 5) is 39.8. The van der Waals surface area contributed by atoms with Gasteiger partial charge in [-0.1, -0.05) is 18.2 Å². The molecule has 226 valence electrons. The molecule has 2 aromatic heterocycles. The molecule has 1 atom stereocenters. The lowest BCUT2D eigenvalue weighted by atomic mass is 9.85. The van der Waals surface area contributed by atoms with Crippen LogP contribution in [0, 0.1) is 17.2 Å². The van der Waals surface area contributed by atoms with Crippen molar-refractivity contribution in [3.8, 4) is 6.07 Å². The van der Waals surface area contributed by atoms with Gasteiger partial charge in [-0.3, -0.25) is 14.2 Å². The number of amides is 1. The second kappa shape index (κ2) is 11.3. The van der Waals surface area contributed by atoms with Crippen LogP contribution in [-0.4, -0.2) is 63.5 Å². The number of piperidine rings is 1. The molecule has 1 N–H and O–H groups in total. The van der Waals surface area contributed by atoms with E-state index in [0.717, 1.165) is 19.4 Å². The average Bonchev–Trinajstić information content (AvgIpc) is 3.81. The van der Waals surface area contributed by atoms with Crippen molar-refractivity contribution in [1.82, 2.24) is 24.3 Å². The van der Waals surface area contributed by atoms with Crippen molar-refractivity contribution in [3.05, 3.63) is 63.7 Å². The van der Waals surface area contributed by atoms with Crippen LogP contribution in [0.15, 0.2) is 41.5 Å². The van der Waals surface area contributed by atoms with Crippen molar-refractivity contribution < 1.29 is 13.6 Å². The Morgan fingerprint density at radius 1 is 1.05 bits per heavy atom. The summed E-state index contributed by atoms with van der Waals surface area (Å²) in [6.45, 7) is 4.21. The van der Waals surface area contributed by atoms with Crippen molar-refractivity contribution in [2.24, 2.45) is 5.92 Å². The molecule has 1 saturated carbocycles. The zero-order chi connectivity index (χ0) is 30.4. The van der Waals surface area contributed by atoms with Gasteiger partial charge in [0.25, 0.3) is 11.5 Å². The summed E-state index contributed by atoms with van der Waals surface area (Å²) in [7, 11) is 1.72. The van der Waals surface area contributed by atoms with Crippen molar-refractivity contribution in [2.75, 3.05) is 38.5 Å². The summed E-state index contributed by atoms with van der Waals surface area (Å²) in [5, 5.41) is 13.8. The minimum atomic E-state index is -2.95. The molecule has 1 aromatic carbocycles. The lowest BCUT2D eigenvalue weighted by molar-refractivity contribution is -0.130. The number of nitriles is 1. The fraction of sp³-hybridized carbons (Fsp3) is 0.531. The zero-order valence-corrected chi connectivity index (χ0v) is 24.7. The molecule has 8 bridgehead atoms. The Balaban J connectivity index is 1.44. The number of hydrogen-bond donors (Lipinski definition) is 1. The topological polar surface area (TPSA) is 107 Å². The zero-order valence-electron chi connectivity index (χ0n) is 24.7. The summed E-state index contributed by atoms with van der Waals surface area (Å²) in [6.07, 6.45) is 4.90. The maximum Gasteiger partial charge on any atom is 0.276 e. The van der Waals surface area contributed by atoms with Gasteiger partial charge in [0.15, 0.2) is 0 Å². The number of pyridine rings is 1. The smallest absolute Gasteiger partial charge is 0.276 e. The predicted octanol–water partition coefficient (Wildman–Crippen LogP) is 4.58. The number of carbonyl (C=O) groups excluding carboxylic acids is 1. The minimum Gasteiger partial charge on any atom is -0.363 e. The fourth-order valence-corrected chi connectivity index (χ4v) is 6.48. The van der Waals surface area contributed by atoms with Crippen LogP contribution in [0.4, 0.5) is 14.6 Å². The molecular formula is C32H37F2N7O2. The number of halogens is 2. The van der Waals surface area contributed by atoms with Crippen LogP contribution in [0.5, 0.6) is 0 Å². The van der Waals surface area contributed by atoms with Crippen molar-refractivity contribution in [2.45, 2.75) is 69.4 Å². The van der Waals surface area contributed by atoms with E-state index < -0.39 is 28.9 Å². The van der Waals surface area contributed by atoms with Crippen molar-refractivity contribution in [1.29, 1.82) is 5.26 Å². The third kappa shape index (κ3) is 5.49. The molecule has 3 aromatic rings. The van der Waals surface area contributed by atoms with E-state index in [4.69, 9.17) is 0 Å². The molecule has 0 spiro atoms. The first-order valence-electron chi connectivity index (χ1n) is 15.1. The number of anilines is 1. The van der Waals surface area contributed by atoms with E-state index in [0.29, 0.717) is 67.6 Å². The van der Waals surface area contributed by atoms with Gasteiger partial charge in [0.2, 0.25) is 5.91 Å². The monoisotopic (exact) mass is 589 g/mol. The molecule has 1 amide bonds. The number of nitrogens with one attached hydrogen (secondary N) is 1. The number of aromatic nitrogens is 3. The number of carbonyl (C=O) groups is 1. The van der Waals surface area contributed by atoms with Gasteiger partial charge >= 0.3 is 0 Å². The fourth-order valence-electron chi connectivity index (χ4n) is 6.48. The van der Waals surface area contributed by atoms with Crippen LogP contribution in [0.25, 0.3) is 11.0 Å². The third-order valence-corrected chi connectivity index (χ3v) is 9.52. The van der Waals surface area contributed by atoms with E-state index >= 15 is 8.78 Å². The van der Waals surface area contributed by atoms with Crippen LogP contribution in [0.2, 0.25) is 0 Å². The SMILES string of the molecule is C[C@H]1Nc2ncnc3c2cc(C2(C#N)CC2)c(=O)n3CC(=O)N(C)CCCCN2CCC(CC2)C(F)(F)c2cccc1c2. The quantitative estimate of drug-likeness (QED) is 0.443. The summed E-state index contributed by atoms with van der Waals surface area (Å²) < 4.78 is 33.0. The first-order chi connectivity index (χ1) is 20.6. The number of hydrogen-bond acceptors (Lipinski definition) is 7. The van der Waals surface area contributed by atoms with Crippen molar-refractivity contribution >= 4 is 22.8 Å². The largest absolute Gasteiger partial charge is 0.363 e. The van der Waals surface area contributed by atoms with Crippen LogP contribution >= 0.6 is 0 Å². The van der Waals surface area contributed by atoms with E-state index in [2.05, 4.69) is 26.3 Å². The summed E-state index contributed by atoms with van der Waals surface area (Å²) in [6, 6.07) is 10.1. The molecule has 0 radical (unpaired) electrons. The minimum absolute atomic E-state index is 0.0120. The molecule has 2 fully saturated rings. The number of benzene rings is 1. The molecule has 9 nitrogen and oxygen atoms in total. The highest BCUT2D eigenvalue weighted by atomic mass is 19.3.